The van der Waals surface area contributed by atoms with Gasteiger partial charge in [0.05, 0.1) is 18.2 Å². The van der Waals surface area contributed by atoms with E-state index in [0.717, 1.165) is 12.8 Å². The smallest absolute Gasteiger partial charge is 0.221 e. The molecule has 3 atom stereocenters. The lowest BCUT2D eigenvalue weighted by Crippen LogP contribution is -2.51. The first kappa shape index (κ1) is 12.4. The molecule has 15 heavy (non-hydrogen) atoms. The van der Waals surface area contributed by atoms with Crippen LogP contribution in [0.25, 0.3) is 0 Å². The molecule has 5 heteroatoms. The van der Waals surface area contributed by atoms with Crippen LogP contribution in [0.5, 0.6) is 0 Å². The standard InChI is InChI=1S/C10H20N2O3/c1-11-6-5-9(14)12-7-3-2-4-8(13)10(7)15/h7-8,10-11,13,15H,2-6H2,1H3,(H,12,14)/t7?,8-,10?/m1/s1. The number of amides is 1. The summed E-state index contributed by atoms with van der Waals surface area (Å²) in [5.74, 6) is -0.0810. The van der Waals surface area contributed by atoms with Gasteiger partial charge in [-0.1, -0.05) is 0 Å². The minimum absolute atomic E-state index is 0.0810. The summed E-state index contributed by atoms with van der Waals surface area (Å²) in [7, 11) is 1.78. The Bertz CT molecular complexity index is 211. The van der Waals surface area contributed by atoms with Crippen molar-refractivity contribution in [3.05, 3.63) is 0 Å². The fourth-order valence-corrected chi connectivity index (χ4v) is 1.83. The molecule has 0 bridgehead atoms. The van der Waals surface area contributed by atoms with Crippen LogP contribution >= 0.6 is 0 Å². The molecule has 1 fully saturated rings. The van der Waals surface area contributed by atoms with E-state index in [2.05, 4.69) is 10.6 Å². The highest BCUT2D eigenvalue weighted by atomic mass is 16.3. The van der Waals surface area contributed by atoms with Gasteiger partial charge in [-0.3, -0.25) is 4.79 Å². The normalized spacial score (nSPS) is 31.3. The van der Waals surface area contributed by atoms with Crippen LogP contribution < -0.4 is 10.6 Å². The van der Waals surface area contributed by atoms with Crippen LogP contribution in [0.15, 0.2) is 0 Å². The van der Waals surface area contributed by atoms with Gasteiger partial charge in [0, 0.05) is 13.0 Å². The van der Waals surface area contributed by atoms with E-state index in [0.29, 0.717) is 19.4 Å². The molecule has 1 amide bonds. The Labute approximate surface area is 89.9 Å². The summed E-state index contributed by atoms with van der Waals surface area (Å²) < 4.78 is 0. The SMILES string of the molecule is CNCCC(=O)NC1CCC[C@@H](O)C1O. The zero-order chi connectivity index (χ0) is 11.3. The first-order valence-corrected chi connectivity index (χ1v) is 5.45. The average Bonchev–Trinajstić information content (AvgIpc) is 2.22. The van der Waals surface area contributed by atoms with E-state index < -0.39 is 12.2 Å². The first-order valence-electron chi connectivity index (χ1n) is 5.45. The van der Waals surface area contributed by atoms with E-state index in [1.165, 1.54) is 0 Å². The van der Waals surface area contributed by atoms with Crippen molar-refractivity contribution >= 4 is 5.91 Å². The molecule has 0 saturated heterocycles. The Balaban J connectivity index is 2.33. The number of aliphatic hydroxyl groups excluding tert-OH is 2. The lowest BCUT2D eigenvalue weighted by molar-refractivity contribution is -0.124. The second-order valence-corrected chi connectivity index (χ2v) is 4.02. The Morgan fingerprint density at radius 1 is 1.40 bits per heavy atom. The molecule has 0 radical (unpaired) electrons. The molecule has 1 saturated carbocycles. The van der Waals surface area contributed by atoms with Gasteiger partial charge >= 0.3 is 0 Å². The highest BCUT2D eigenvalue weighted by molar-refractivity contribution is 5.76. The van der Waals surface area contributed by atoms with Gasteiger partial charge in [0.1, 0.15) is 0 Å². The Kier molecular flexibility index (Phi) is 5.01. The molecule has 2 unspecified atom stereocenters. The van der Waals surface area contributed by atoms with E-state index in [9.17, 15) is 15.0 Å². The Hall–Kier alpha value is -0.650. The third-order valence-corrected chi connectivity index (χ3v) is 2.77. The van der Waals surface area contributed by atoms with Crippen molar-refractivity contribution in [2.45, 2.75) is 43.9 Å². The van der Waals surface area contributed by atoms with Gasteiger partial charge in [-0.2, -0.15) is 0 Å². The van der Waals surface area contributed by atoms with Gasteiger partial charge in [0.15, 0.2) is 0 Å². The van der Waals surface area contributed by atoms with Crippen molar-refractivity contribution in [2.75, 3.05) is 13.6 Å². The van der Waals surface area contributed by atoms with Crippen LogP contribution in [-0.2, 0) is 4.79 Å². The molecule has 5 nitrogen and oxygen atoms in total. The third kappa shape index (κ3) is 3.77. The van der Waals surface area contributed by atoms with Crippen molar-refractivity contribution in [3.63, 3.8) is 0 Å². The monoisotopic (exact) mass is 216 g/mol. The van der Waals surface area contributed by atoms with E-state index in [-0.39, 0.29) is 11.9 Å². The molecule has 0 heterocycles. The van der Waals surface area contributed by atoms with Gasteiger partial charge in [-0.05, 0) is 26.3 Å². The number of carbonyl (C=O) groups is 1. The minimum Gasteiger partial charge on any atom is -0.390 e. The van der Waals surface area contributed by atoms with Crippen molar-refractivity contribution < 1.29 is 15.0 Å². The van der Waals surface area contributed by atoms with Crippen molar-refractivity contribution in [3.8, 4) is 0 Å². The second-order valence-electron chi connectivity index (χ2n) is 4.02. The molecule has 4 N–H and O–H groups in total. The number of hydrogen-bond acceptors (Lipinski definition) is 4. The summed E-state index contributed by atoms with van der Waals surface area (Å²) in [6.45, 7) is 0.622. The average molecular weight is 216 g/mol. The van der Waals surface area contributed by atoms with Crippen LogP contribution in [0.1, 0.15) is 25.7 Å². The number of carbonyl (C=O) groups excluding carboxylic acids is 1. The van der Waals surface area contributed by atoms with Crippen LogP contribution in [-0.4, -0.2) is 48.0 Å². The lowest BCUT2D eigenvalue weighted by Gasteiger charge is -2.32. The van der Waals surface area contributed by atoms with Crippen LogP contribution in [0.2, 0.25) is 0 Å². The highest BCUT2D eigenvalue weighted by Gasteiger charge is 2.31. The molecule has 0 aromatic rings. The van der Waals surface area contributed by atoms with Crippen LogP contribution in [0.3, 0.4) is 0 Å². The van der Waals surface area contributed by atoms with Crippen molar-refractivity contribution in [1.82, 2.24) is 10.6 Å². The van der Waals surface area contributed by atoms with Crippen molar-refractivity contribution in [1.29, 1.82) is 0 Å². The number of nitrogens with one attached hydrogen (secondary N) is 2. The maximum Gasteiger partial charge on any atom is 0.221 e. The van der Waals surface area contributed by atoms with E-state index in [4.69, 9.17) is 0 Å². The second kappa shape index (κ2) is 6.05. The van der Waals surface area contributed by atoms with Gasteiger partial charge in [0.2, 0.25) is 5.91 Å². The minimum atomic E-state index is -0.822. The number of hydrogen-bond donors (Lipinski definition) is 4. The summed E-state index contributed by atoms with van der Waals surface area (Å²) in [6.07, 6.45) is 1.07. The van der Waals surface area contributed by atoms with Gasteiger partial charge in [-0.25, -0.2) is 0 Å². The largest absolute Gasteiger partial charge is 0.390 e. The maximum atomic E-state index is 11.4. The summed E-state index contributed by atoms with van der Waals surface area (Å²) in [6, 6.07) is -0.293. The molecular formula is C10H20N2O3. The molecule has 0 aromatic heterocycles. The fraction of sp³-hybridized carbons (Fsp3) is 0.900. The summed E-state index contributed by atoms with van der Waals surface area (Å²) in [5, 5.41) is 24.7. The topological polar surface area (TPSA) is 81.6 Å². The van der Waals surface area contributed by atoms with E-state index in [1.54, 1.807) is 7.05 Å². The van der Waals surface area contributed by atoms with Gasteiger partial charge in [-0.15, -0.1) is 0 Å². The van der Waals surface area contributed by atoms with Crippen LogP contribution in [0.4, 0.5) is 0 Å². The van der Waals surface area contributed by atoms with Crippen LogP contribution in [0, 0.1) is 0 Å². The zero-order valence-electron chi connectivity index (χ0n) is 9.07. The number of aliphatic hydroxyl groups is 2. The zero-order valence-corrected chi connectivity index (χ0v) is 9.07. The maximum absolute atomic E-state index is 11.4. The van der Waals surface area contributed by atoms with Gasteiger partial charge < -0.3 is 20.8 Å². The summed E-state index contributed by atoms with van der Waals surface area (Å²) >= 11 is 0. The molecule has 0 aliphatic heterocycles. The molecule has 0 spiro atoms. The Morgan fingerprint density at radius 2 is 2.13 bits per heavy atom. The lowest BCUT2D eigenvalue weighted by atomic mass is 9.90. The van der Waals surface area contributed by atoms with E-state index in [1.807, 2.05) is 0 Å². The van der Waals surface area contributed by atoms with E-state index >= 15 is 0 Å². The molecule has 1 aliphatic carbocycles. The fourth-order valence-electron chi connectivity index (χ4n) is 1.83. The van der Waals surface area contributed by atoms with Gasteiger partial charge in [0.25, 0.3) is 0 Å². The predicted octanol–water partition coefficient (Wildman–Crippen LogP) is -1.01. The molecule has 88 valence electrons. The first-order chi connectivity index (χ1) is 7.15. The highest BCUT2D eigenvalue weighted by Crippen LogP contribution is 2.19. The molecular weight excluding hydrogens is 196 g/mol. The molecule has 0 aromatic carbocycles. The molecule has 1 rings (SSSR count). The summed E-state index contributed by atoms with van der Waals surface area (Å²) in [5.41, 5.74) is 0. The summed E-state index contributed by atoms with van der Waals surface area (Å²) in [4.78, 5) is 11.4. The quantitative estimate of drug-likeness (QED) is 0.485. The number of rotatable bonds is 4. The predicted molar refractivity (Wildman–Crippen MR) is 56.3 cm³/mol. The van der Waals surface area contributed by atoms with Crippen molar-refractivity contribution in [2.24, 2.45) is 0 Å². The molecule has 1 aliphatic rings. The third-order valence-electron chi connectivity index (χ3n) is 2.77. The Morgan fingerprint density at radius 3 is 2.80 bits per heavy atom.